The van der Waals surface area contributed by atoms with Gasteiger partial charge in [-0.2, -0.15) is 0 Å². The van der Waals surface area contributed by atoms with Crippen LogP contribution in [0.15, 0.2) is 38.0 Å². The first kappa shape index (κ1) is 14.4. The Morgan fingerprint density at radius 2 is 2.16 bits per heavy atom. The summed E-state index contributed by atoms with van der Waals surface area (Å²) < 4.78 is 8.90. The first-order chi connectivity index (χ1) is 9.01. The SMILES string of the molecule is CCn1cc(Br)cc1C(=O)N(C)Cc1ccc(Br)o1. The van der Waals surface area contributed by atoms with Crippen LogP contribution >= 0.6 is 31.9 Å². The highest BCUT2D eigenvalue weighted by atomic mass is 79.9. The van der Waals surface area contributed by atoms with Gasteiger partial charge in [0.2, 0.25) is 0 Å². The number of halogens is 2. The third-order valence-electron chi connectivity index (χ3n) is 2.79. The minimum Gasteiger partial charge on any atom is -0.452 e. The highest BCUT2D eigenvalue weighted by molar-refractivity contribution is 9.10. The molecule has 2 heterocycles. The second-order valence-corrected chi connectivity index (χ2v) is 5.89. The molecule has 102 valence electrons. The molecule has 0 saturated carbocycles. The van der Waals surface area contributed by atoms with Crippen molar-refractivity contribution in [3.05, 3.63) is 45.0 Å². The zero-order chi connectivity index (χ0) is 14.0. The van der Waals surface area contributed by atoms with Gasteiger partial charge in [0.05, 0.1) is 6.54 Å². The number of aryl methyl sites for hydroxylation is 1. The average molecular weight is 390 g/mol. The highest BCUT2D eigenvalue weighted by Gasteiger charge is 2.17. The van der Waals surface area contributed by atoms with Crippen molar-refractivity contribution in [2.45, 2.75) is 20.0 Å². The zero-order valence-corrected chi connectivity index (χ0v) is 13.9. The summed E-state index contributed by atoms with van der Waals surface area (Å²) in [6.07, 6.45) is 1.91. The van der Waals surface area contributed by atoms with Crippen molar-refractivity contribution >= 4 is 37.8 Å². The number of amides is 1. The standard InChI is InChI=1S/C13H14Br2N2O2/c1-3-17-7-9(14)6-11(17)13(18)16(2)8-10-4-5-12(15)19-10/h4-7H,3,8H2,1-2H3. The Morgan fingerprint density at radius 1 is 1.42 bits per heavy atom. The van der Waals surface area contributed by atoms with E-state index in [1.165, 1.54) is 0 Å². The molecular formula is C13H14Br2N2O2. The summed E-state index contributed by atoms with van der Waals surface area (Å²) in [6.45, 7) is 3.20. The lowest BCUT2D eigenvalue weighted by molar-refractivity contribution is 0.0764. The molecule has 0 saturated heterocycles. The molecule has 2 aromatic heterocycles. The molecule has 0 atom stereocenters. The predicted octanol–water partition coefficient (Wildman–Crippen LogP) is 3.90. The lowest BCUT2D eigenvalue weighted by Crippen LogP contribution is -2.27. The van der Waals surface area contributed by atoms with Crippen LogP contribution in [0.2, 0.25) is 0 Å². The van der Waals surface area contributed by atoms with Crippen LogP contribution in [0.1, 0.15) is 23.2 Å². The van der Waals surface area contributed by atoms with Crippen molar-refractivity contribution in [2.75, 3.05) is 7.05 Å². The van der Waals surface area contributed by atoms with Crippen molar-refractivity contribution in [3.63, 3.8) is 0 Å². The summed E-state index contributed by atoms with van der Waals surface area (Å²) in [6, 6.07) is 5.50. The third kappa shape index (κ3) is 3.30. The number of furan rings is 1. The Bertz CT molecular complexity index is 589. The van der Waals surface area contributed by atoms with Crippen LogP contribution in [0.25, 0.3) is 0 Å². The average Bonchev–Trinajstić information content (AvgIpc) is 2.94. The smallest absolute Gasteiger partial charge is 0.270 e. The molecule has 0 radical (unpaired) electrons. The van der Waals surface area contributed by atoms with Gasteiger partial charge in [-0.25, -0.2) is 0 Å². The summed E-state index contributed by atoms with van der Waals surface area (Å²) in [5.74, 6) is 0.719. The van der Waals surface area contributed by atoms with E-state index in [1.807, 2.05) is 35.9 Å². The van der Waals surface area contributed by atoms with Crippen molar-refractivity contribution in [1.29, 1.82) is 0 Å². The van der Waals surface area contributed by atoms with Gasteiger partial charge < -0.3 is 13.9 Å². The fourth-order valence-electron chi connectivity index (χ4n) is 1.85. The molecular weight excluding hydrogens is 376 g/mol. The van der Waals surface area contributed by atoms with Gasteiger partial charge in [-0.1, -0.05) is 0 Å². The number of hydrogen-bond donors (Lipinski definition) is 0. The number of carbonyl (C=O) groups is 1. The van der Waals surface area contributed by atoms with Crippen molar-refractivity contribution in [2.24, 2.45) is 0 Å². The molecule has 0 aliphatic heterocycles. The van der Waals surface area contributed by atoms with E-state index in [9.17, 15) is 4.79 Å². The van der Waals surface area contributed by atoms with E-state index in [2.05, 4.69) is 31.9 Å². The maximum atomic E-state index is 12.4. The molecule has 0 N–H and O–H groups in total. The molecule has 0 aromatic carbocycles. The monoisotopic (exact) mass is 388 g/mol. The van der Waals surface area contributed by atoms with E-state index >= 15 is 0 Å². The van der Waals surface area contributed by atoms with Gasteiger partial charge in [0.25, 0.3) is 5.91 Å². The summed E-state index contributed by atoms with van der Waals surface area (Å²) in [5, 5.41) is 0. The Hall–Kier alpha value is -1.01. The Balaban J connectivity index is 2.14. The highest BCUT2D eigenvalue weighted by Crippen LogP contribution is 2.19. The number of carbonyl (C=O) groups excluding carboxylic acids is 1. The normalized spacial score (nSPS) is 10.7. The van der Waals surface area contributed by atoms with Crippen LogP contribution in [0, 0.1) is 0 Å². The van der Waals surface area contributed by atoms with Crippen LogP contribution in [-0.2, 0) is 13.1 Å². The van der Waals surface area contributed by atoms with Crippen molar-refractivity contribution in [1.82, 2.24) is 9.47 Å². The Labute approximate surface area is 128 Å². The Kier molecular flexibility index (Phi) is 4.52. The number of rotatable bonds is 4. The van der Waals surface area contributed by atoms with Gasteiger partial charge in [0.1, 0.15) is 11.5 Å². The minimum absolute atomic E-state index is 0.0277. The molecule has 2 rings (SSSR count). The summed E-state index contributed by atoms with van der Waals surface area (Å²) in [4.78, 5) is 14.0. The van der Waals surface area contributed by atoms with Crippen LogP contribution in [0.3, 0.4) is 0 Å². The molecule has 4 nitrogen and oxygen atoms in total. The lowest BCUT2D eigenvalue weighted by Gasteiger charge is -2.16. The molecule has 0 fully saturated rings. The molecule has 1 amide bonds. The minimum atomic E-state index is -0.0277. The second-order valence-electron chi connectivity index (χ2n) is 4.20. The number of aromatic nitrogens is 1. The van der Waals surface area contributed by atoms with E-state index in [1.54, 1.807) is 11.9 Å². The van der Waals surface area contributed by atoms with Gasteiger partial charge in [0.15, 0.2) is 4.67 Å². The van der Waals surface area contributed by atoms with Crippen LogP contribution in [0.4, 0.5) is 0 Å². The zero-order valence-electron chi connectivity index (χ0n) is 10.7. The quantitative estimate of drug-likeness (QED) is 0.795. The first-order valence-electron chi connectivity index (χ1n) is 5.86. The van der Waals surface area contributed by atoms with Crippen LogP contribution < -0.4 is 0 Å². The molecule has 2 aromatic rings. The molecule has 0 aliphatic carbocycles. The topological polar surface area (TPSA) is 38.4 Å². The predicted molar refractivity (Wildman–Crippen MR) is 80.0 cm³/mol. The fourth-order valence-corrected chi connectivity index (χ4v) is 2.66. The molecule has 0 unspecified atom stereocenters. The maximum absolute atomic E-state index is 12.4. The molecule has 0 aliphatic rings. The van der Waals surface area contributed by atoms with E-state index in [-0.39, 0.29) is 5.91 Å². The number of hydrogen-bond acceptors (Lipinski definition) is 2. The van der Waals surface area contributed by atoms with Crippen LogP contribution in [-0.4, -0.2) is 22.4 Å². The summed E-state index contributed by atoms with van der Waals surface area (Å²) in [7, 11) is 1.76. The van der Waals surface area contributed by atoms with Gasteiger partial charge in [-0.15, -0.1) is 0 Å². The Morgan fingerprint density at radius 3 is 2.74 bits per heavy atom. The fraction of sp³-hybridized carbons (Fsp3) is 0.308. The first-order valence-corrected chi connectivity index (χ1v) is 7.45. The van der Waals surface area contributed by atoms with Crippen LogP contribution in [0.5, 0.6) is 0 Å². The van der Waals surface area contributed by atoms with Gasteiger partial charge in [-0.05, 0) is 57.0 Å². The van der Waals surface area contributed by atoms with Gasteiger partial charge in [-0.3, -0.25) is 4.79 Å². The third-order valence-corrected chi connectivity index (χ3v) is 3.65. The molecule has 6 heteroatoms. The van der Waals surface area contributed by atoms with E-state index in [0.29, 0.717) is 16.9 Å². The summed E-state index contributed by atoms with van der Waals surface area (Å²) in [5.41, 5.74) is 0.669. The largest absolute Gasteiger partial charge is 0.452 e. The van der Waals surface area contributed by atoms with Crippen molar-refractivity contribution < 1.29 is 9.21 Å². The second kappa shape index (κ2) is 5.96. The molecule has 0 bridgehead atoms. The molecule has 0 spiro atoms. The molecule has 19 heavy (non-hydrogen) atoms. The maximum Gasteiger partial charge on any atom is 0.270 e. The van der Waals surface area contributed by atoms with Crippen molar-refractivity contribution in [3.8, 4) is 0 Å². The van der Waals surface area contributed by atoms with E-state index < -0.39 is 0 Å². The van der Waals surface area contributed by atoms with E-state index in [0.717, 1.165) is 16.8 Å². The summed E-state index contributed by atoms with van der Waals surface area (Å²) >= 11 is 6.64. The lowest BCUT2D eigenvalue weighted by atomic mass is 10.3. The van der Waals surface area contributed by atoms with E-state index in [4.69, 9.17) is 4.42 Å². The number of nitrogens with zero attached hydrogens (tertiary/aromatic N) is 2. The van der Waals surface area contributed by atoms with Gasteiger partial charge in [0, 0.05) is 24.3 Å². The van der Waals surface area contributed by atoms with Gasteiger partial charge >= 0.3 is 0 Å².